The molecular weight excluding hydrogens is 248 g/mol. The van der Waals surface area contributed by atoms with E-state index in [1.165, 1.54) is 6.07 Å². The average Bonchev–Trinajstić information content (AvgIpc) is 2.07. The van der Waals surface area contributed by atoms with E-state index in [4.69, 9.17) is 9.84 Å². The van der Waals surface area contributed by atoms with Crippen molar-refractivity contribution in [2.75, 3.05) is 0 Å². The van der Waals surface area contributed by atoms with E-state index in [2.05, 4.69) is 15.9 Å². The third-order valence-electron chi connectivity index (χ3n) is 1.56. The van der Waals surface area contributed by atoms with E-state index >= 15 is 0 Å². The molecule has 0 unspecified atom stereocenters. The van der Waals surface area contributed by atoms with Gasteiger partial charge >= 0.3 is 5.97 Å². The van der Waals surface area contributed by atoms with Crippen LogP contribution in [0, 0.1) is 0 Å². The zero-order valence-corrected chi connectivity index (χ0v) is 9.54. The first-order chi connectivity index (χ1) is 6.52. The van der Waals surface area contributed by atoms with Gasteiger partial charge in [-0.05, 0) is 41.9 Å². The Balaban J connectivity index is 3.07. The topological polar surface area (TPSA) is 46.5 Å². The Morgan fingerprint density at radius 2 is 2.14 bits per heavy atom. The van der Waals surface area contributed by atoms with Crippen LogP contribution in [-0.2, 0) is 0 Å². The standard InChI is InChI=1S/C10H11BrO3/c1-6(2)14-8-5-3-4-7(9(8)11)10(12)13/h3-6H,1-2H3,(H,12,13). The van der Waals surface area contributed by atoms with Crippen LogP contribution in [0.2, 0.25) is 0 Å². The van der Waals surface area contributed by atoms with Gasteiger partial charge in [-0.15, -0.1) is 0 Å². The third kappa shape index (κ3) is 2.48. The molecule has 1 aromatic rings. The van der Waals surface area contributed by atoms with Crippen LogP contribution in [0.5, 0.6) is 5.75 Å². The molecule has 0 aliphatic heterocycles. The van der Waals surface area contributed by atoms with Gasteiger partial charge in [0.05, 0.1) is 16.1 Å². The number of ether oxygens (including phenoxy) is 1. The van der Waals surface area contributed by atoms with Gasteiger partial charge < -0.3 is 9.84 Å². The summed E-state index contributed by atoms with van der Waals surface area (Å²) in [7, 11) is 0. The van der Waals surface area contributed by atoms with Crippen LogP contribution in [-0.4, -0.2) is 17.2 Å². The highest BCUT2D eigenvalue weighted by molar-refractivity contribution is 9.10. The first-order valence-corrected chi connectivity index (χ1v) is 5.00. The first-order valence-electron chi connectivity index (χ1n) is 4.21. The number of rotatable bonds is 3. The predicted octanol–water partition coefficient (Wildman–Crippen LogP) is 2.93. The largest absolute Gasteiger partial charge is 0.490 e. The molecule has 0 radical (unpaired) electrons. The lowest BCUT2D eigenvalue weighted by Gasteiger charge is -2.12. The molecule has 0 aliphatic rings. The minimum absolute atomic E-state index is 0.0235. The molecule has 14 heavy (non-hydrogen) atoms. The maximum absolute atomic E-state index is 10.8. The third-order valence-corrected chi connectivity index (χ3v) is 2.37. The number of aromatic carboxylic acids is 1. The van der Waals surface area contributed by atoms with Crippen LogP contribution in [0.1, 0.15) is 24.2 Å². The number of hydrogen-bond acceptors (Lipinski definition) is 2. The van der Waals surface area contributed by atoms with E-state index in [0.29, 0.717) is 10.2 Å². The zero-order chi connectivity index (χ0) is 10.7. The van der Waals surface area contributed by atoms with Crippen LogP contribution in [0.3, 0.4) is 0 Å². The molecule has 0 amide bonds. The molecule has 0 fully saturated rings. The van der Waals surface area contributed by atoms with Crippen molar-refractivity contribution in [2.45, 2.75) is 20.0 Å². The maximum atomic E-state index is 10.8. The Morgan fingerprint density at radius 1 is 1.50 bits per heavy atom. The summed E-state index contributed by atoms with van der Waals surface area (Å²) in [5.74, 6) is -0.411. The molecule has 1 aromatic carbocycles. The minimum atomic E-state index is -0.967. The Bertz CT molecular complexity index is 347. The number of halogens is 1. The molecule has 0 heterocycles. The molecular formula is C10H11BrO3. The van der Waals surface area contributed by atoms with Crippen LogP contribution in [0.4, 0.5) is 0 Å². The van der Waals surface area contributed by atoms with Crippen LogP contribution >= 0.6 is 15.9 Å². The van der Waals surface area contributed by atoms with Crippen molar-refractivity contribution in [1.29, 1.82) is 0 Å². The van der Waals surface area contributed by atoms with Crippen molar-refractivity contribution in [1.82, 2.24) is 0 Å². The predicted molar refractivity (Wildman–Crippen MR) is 56.9 cm³/mol. The first kappa shape index (κ1) is 11.0. The maximum Gasteiger partial charge on any atom is 0.336 e. The number of benzene rings is 1. The van der Waals surface area contributed by atoms with Crippen LogP contribution in [0.25, 0.3) is 0 Å². The Labute approximate surface area is 90.8 Å². The van der Waals surface area contributed by atoms with Crippen molar-refractivity contribution in [3.8, 4) is 5.75 Å². The average molecular weight is 259 g/mol. The lowest BCUT2D eigenvalue weighted by Crippen LogP contribution is -2.07. The summed E-state index contributed by atoms with van der Waals surface area (Å²) in [6.07, 6.45) is 0.0235. The molecule has 0 saturated heterocycles. The molecule has 0 spiro atoms. The zero-order valence-electron chi connectivity index (χ0n) is 7.95. The number of carbonyl (C=O) groups is 1. The molecule has 0 bridgehead atoms. The summed E-state index contributed by atoms with van der Waals surface area (Å²) < 4.78 is 5.91. The number of carboxylic acids is 1. The van der Waals surface area contributed by atoms with Crippen molar-refractivity contribution in [2.24, 2.45) is 0 Å². The fourth-order valence-corrected chi connectivity index (χ4v) is 1.55. The monoisotopic (exact) mass is 258 g/mol. The Morgan fingerprint density at radius 3 is 2.64 bits per heavy atom. The molecule has 0 aromatic heterocycles. The molecule has 0 atom stereocenters. The van der Waals surface area contributed by atoms with Crippen molar-refractivity contribution < 1.29 is 14.6 Å². The molecule has 1 rings (SSSR count). The van der Waals surface area contributed by atoms with Gasteiger partial charge in [-0.3, -0.25) is 0 Å². The molecule has 4 heteroatoms. The molecule has 0 saturated carbocycles. The van der Waals surface area contributed by atoms with Crippen molar-refractivity contribution in [3.05, 3.63) is 28.2 Å². The van der Waals surface area contributed by atoms with Gasteiger partial charge in [-0.1, -0.05) is 6.07 Å². The minimum Gasteiger partial charge on any atom is -0.490 e. The second-order valence-electron chi connectivity index (χ2n) is 3.09. The Kier molecular flexibility index (Phi) is 3.52. The summed E-state index contributed by atoms with van der Waals surface area (Å²) in [5, 5.41) is 8.84. The van der Waals surface area contributed by atoms with Crippen molar-refractivity contribution >= 4 is 21.9 Å². The number of carboxylic acid groups (broad SMARTS) is 1. The number of hydrogen-bond donors (Lipinski definition) is 1. The lowest BCUT2D eigenvalue weighted by atomic mass is 10.2. The van der Waals surface area contributed by atoms with Crippen LogP contribution in [0.15, 0.2) is 22.7 Å². The van der Waals surface area contributed by atoms with E-state index in [-0.39, 0.29) is 11.7 Å². The van der Waals surface area contributed by atoms with Gasteiger partial charge in [0.15, 0.2) is 0 Å². The van der Waals surface area contributed by atoms with Gasteiger partial charge in [0.2, 0.25) is 0 Å². The molecule has 1 N–H and O–H groups in total. The molecule has 3 nitrogen and oxygen atoms in total. The van der Waals surface area contributed by atoms with Gasteiger partial charge in [0.25, 0.3) is 0 Å². The van der Waals surface area contributed by atoms with E-state index < -0.39 is 5.97 Å². The smallest absolute Gasteiger partial charge is 0.336 e. The van der Waals surface area contributed by atoms with E-state index in [1.54, 1.807) is 12.1 Å². The molecule has 0 aliphatic carbocycles. The molecule has 76 valence electrons. The normalized spacial score (nSPS) is 10.3. The quantitative estimate of drug-likeness (QED) is 0.907. The summed E-state index contributed by atoms with van der Waals surface area (Å²) in [4.78, 5) is 10.8. The summed E-state index contributed by atoms with van der Waals surface area (Å²) in [6.45, 7) is 3.78. The fraction of sp³-hybridized carbons (Fsp3) is 0.300. The fourth-order valence-electron chi connectivity index (χ4n) is 1.02. The van der Waals surface area contributed by atoms with E-state index in [1.807, 2.05) is 13.8 Å². The highest BCUT2D eigenvalue weighted by Gasteiger charge is 2.12. The van der Waals surface area contributed by atoms with Gasteiger partial charge in [-0.25, -0.2) is 4.79 Å². The highest BCUT2D eigenvalue weighted by Crippen LogP contribution is 2.29. The summed E-state index contributed by atoms with van der Waals surface area (Å²) in [5.41, 5.74) is 0.211. The SMILES string of the molecule is CC(C)Oc1cccc(C(=O)O)c1Br. The Hall–Kier alpha value is -1.03. The van der Waals surface area contributed by atoms with Crippen molar-refractivity contribution in [3.63, 3.8) is 0 Å². The van der Waals surface area contributed by atoms with Gasteiger partial charge in [-0.2, -0.15) is 0 Å². The van der Waals surface area contributed by atoms with E-state index in [9.17, 15) is 4.79 Å². The summed E-state index contributed by atoms with van der Waals surface area (Å²) in [6, 6.07) is 4.92. The van der Waals surface area contributed by atoms with Crippen LogP contribution < -0.4 is 4.74 Å². The second kappa shape index (κ2) is 4.46. The van der Waals surface area contributed by atoms with E-state index in [0.717, 1.165) is 0 Å². The lowest BCUT2D eigenvalue weighted by molar-refractivity contribution is 0.0695. The second-order valence-corrected chi connectivity index (χ2v) is 3.88. The van der Waals surface area contributed by atoms with Gasteiger partial charge in [0.1, 0.15) is 5.75 Å². The highest BCUT2D eigenvalue weighted by atomic mass is 79.9. The summed E-state index contributed by atoms with van der Waals surface area (Å²) >= 11 is 3.20. The van der Waals surface area contributed by atoms with Gasteiger partial charge in [0, 0.05) is 0 Å².